The highest BCUT2D eigenvalue weighted by Crippen LogP contribution is 2.30. The molecule has 24 heavy (non-hydrogen) atoms. The fourth-order valence-corrected chi connectivity index (χ4v) is 4.59. The molecule has 1 aromatic carbocycles. The molecule has 0 aliphatic carbocycles. The van der Waals surface area contributed by atoms with Gasteiger partial charge in [-0.25, -0.2) is 13.4 Å². The van der Waals surface area contributed by atoms with E-state index in [4.69, 9.17) is 9.47 Å². The first-order chi connectivity index (χ1) is 11.5. The molecule has 1 aliphatic heterocycles. The minimum absolute atomic E-state index is 0.173. The number of methoxy groups -OCH3 is 1. The van der Waals surface area contributed by atoms with E-state index in [9.17, 15) is 8.42 Å². The van der Waals surface area contributed by atoms with Crippen molar-refractivity contribution in [1.29, 1.82) is 0 Å². The van der Waals surface area contributed by atoms with Gasteiger partial charge in [-0.1, -0.05) is 12.1 Å². The van der Waals surface area contributed by atoms with Crippen molar-refractivity contribution in [2.24, 2.45) is 0 Å². The van der Waals surface area contributed by atoms with Gasteiger partial charge in [0.1, 0.15) is 16.7 Å². The molecule has 1 fully saturated rings. The average Bonchev–Trinajstić information content (AvgIpc) is 3.06. The highest BCUT2D eigenvalue weighted by Gasteiger charge is 2.35. The van der Waals surface area contributed by atoms with Crippen molar-refractivity contribution in [3.63, 3.8) is 0 Å². The van der Waals surface area contributed by atoms with E-state index in [-0.39, 0.29) is 17.5 Å². The van der Waals surface area contributed by atoms with Crippen molar-refractivity contribution >= 4 is 26.0 Å². The maximum absolute atomic E-state index is 12.8. The Morgan fingerprint density at radius 1 is 1.25 bits per heavy atom. The van der Waals surface area contributed by atoms with E-state index < -0.39 is 10.0 Å². The second-order valence-corrected chi connectivity index (χ2v) is 8.09. The Balaban J connectivity index is 1.76. The third-order valence-electron chi connectivity index (χ3n) is 3.80. The van der Waals surface area contributed by atoms with E-state index in [1.807, 2.05) is 6.07 Å². The highest BCUT2D eigenvalue weighted by atomic mass is 79.9. The van der Waals surface area contributed by atoms with Crippen LogP contribution in [0.1, 0.15) is 6.42 Å². The Kier molecular flexibility index (Phi) is 5.07. The fourth-order valence-electron chi connectivity index (χ4n) is 2.60. The van der Waals surface area contributed by atoms with Crippen LogP contribution in [0.2, 0.25) is 0 Å². The molecule has 2 aromatic rings. The first kappa shape index (κ1) is 17.2. The van der Waals surface area contributed by atoms with Crippen LogP contribution in [-0.2, 0) is 10.0 Å². The number of rotatable bonds is 5. The Hall–Kier alpha value is -1.64. The van der Waals surface area contributed by atoms with Gasteiger partial charge in [0.05, 0.1) is 18.1 Å². The summed E-state index contributed by atoms with van der Waals surface area (Å²) < 4.78 is 38.9. The average molecular weight is 413 g/mol. The molecule has 0 radical (unpaired) electrons. The molecule has 1 aromatic heterocycles. The highest BCUT2D eigenvalue weighted by molar-refractivity contribution is 9.10. The molecule has 8 heteroatoms. The zero-order valence-electron chi connectivity index (χ0n) is 13.1. The van der Waals surface area contributed by atoms with E-state index in [0.717, 1.165) is 4.47 Å². The standard InChI is InChI=1S/C16H17BrN2O4S/c1-22-14-6-2-3-7-15(14)24(20,21)19-10-8-12(11-19)23-16-13(17)5-4-9-18-16/h2-7,9,12H,8,10-11H2,1H3. The summed E-state index contributed by atoms with van der Waals surface area (Å²) in [6, 6.07) is 10.3. The van der Waals surface area contributed by atoms with Crippen molar-refractivity contribution in [2.45, 2.75) is 17.4 Å². The van der Waals surface area contributed by atoms with E-state index in [1.165, 1.54) is 11.4 Å². The summed E-state index contributed by atoms with van der Waals surface area (Å²) in [5.74, 6) is 0.813. The largest absolute Gasteiger partial charge is 0.495 e. The number of para-hydroxylation sites is 1. The van der Waals surface area contributed by atoms with Crippen LogP contribution in [-0.4, -0.2) is 44.0 Å². The van der Waals surface area contributed by atoms with Crippen LogP contribution in [0, 0.1) is 0 Å². The first-order valence-electron chi connectivity index (χ1n) is 7.42. The van der Waals surface area contributed by atoms with Gasteiger partial charge in [0.2, 0.25) is 15.9 Å². The predicted molar refractivity (Wildman–Crippen MR) is 92.7 cm³/mol. The van der Waals surface area contributed by atoms with Crippen LogP contribution < -0.4 is 9.47 Å². The Bertz CT molecular complexity index is 828. The Labute approximate surface area is 149 Å². The van der Waals surface area contributed by atoms with Gasteiger partial charge in [0.15, 0.2) is 0 Å². The second-order valence-electron chi connectivity index (χ2n) is 5.33. The lowest BCUT2D eigenvalue weighted by Crippen LogP contribution is -2.31. The van der Waals surface area contributed by atoms with Crippen LogP contribution in [0.3, 0.4) is 0 Å². The molecule has 3 rings (SSSR count). The Morgan fingerprint density at radius 2 is 2.04 bits per heavy atom. The van der Waals surface area contributed by atoms with E-state index >= 15 is 0 Å². The van der Waals surface area contributed by atoms with Crippen LogP contribution in [0.5, 0.6) is 11.6 Å². The summed E-state index contributed by atoms with van der Waals surface area (Å²) >= 11 is 3.38. The lowest BCUT2D eigenvalue weighted by Gasteiger charge is -2.18. The zero-order valence-corrected chi connectivity index (χ0v) is 15.5. The molecule has 1 atom stereocenters. The summed E-state index contributed by atoms with van der Waals surface area (Å²) in [4.78, 5) is 4.33. The van der Waals surface area contributed by atoms with Crippen LogP contribution in [0.25, 0.3) is 0 Å². The predicted octanol–water partition coefficient (Wildman–Crippen LogP) is 2.69. The van der Waals surface area contributed by atoms with Crippen LogP contribution >= 0.6 is 15.9 Å². The van der Waals surface area contributed by atoms with Gasteiger partial charge in [-0.15, -0.1) is 0 Å². The molecule has 0 N–H and O–H groups in total. The summed E-state index contributed by atoms with van der Waals surface area (Å²) in [5.41, 5.74) is 0. The van der Waals surface area contributed by atoms with Crippen LogP contribution in [0.15, 0.2) is 52.0 Å². The van der Waals surface area contributed by atoms with Gasteiger partial charge >= 0.3 is 0 Å². The lowest BCUT2D eigenvalue weighted by atomic mass is 10.3. The molecule has 0 saturated carbocycles. The number of hydrogen-bond donors (Lipinski definition) is 0. The van der Waals surface area contributed by atoms with Crippen molar-refractivity contribution < 1.29 is 17.9 Å². The molecule has 1 aliphatic rings. The molecule has 6 nitrogen and oxygen atoms in total. The minimum atomic E-state index is -3.62. The summed E-state index contributed by atoms with van der Waals surface area (Å²) in [6.07, 6.45) is 2.01. The summed E-state index contributed by atoms with van der Waals surface area (Å²) in [6.45, 7) is 0.679. The minimum Gasteiger partial charge on any atom is -0.495 e. The first-order valence-corrected chi connectivity index (χ1v) is 9.66. The van der Waals surface area contributed by atoms with Gasteiger partial charge < -0.3 is 9.47 Å². The third kappa shape index (κ3) is 3.40. The molecule has 1 saturated heterocycles. The number of nitrogens with zero attached hydrogens (tertiary/aromatic N) is 2. The van der Waals surface area contributed by atoms with Crippen molar-refractivity contribution in [3.05, 3.63) is 47.1 Å². The van der Waals surface area contributed by atoms with Gasteiger partial charge in [-0.3, -0.25) is 0 Å². The molecule has 128 valence electrons. The van der Waals surface area contributed by atoms with Gasteiger partial charge in [0, 0.05) is 12.7 Å². The maximum Gasteiger partial charge on any atom is 0.246 e. The van der Waals surface area contributed by atoms with Gasteiger partial charge in [-0.2, -0.15) is 4.31 Å². The van der Waals surface area contributed by atoms with Crippen molar-refractivity contribution in [1.82, 2.24) is 9.29 Å². The summed E-state index contributed by atoms with van der Waals surface area (Å²) in [5, 5.41) is 0. The SMILES string of the molecule is COc1ccccc1S(=O)(=O)N1CCC(Oc2ncccc2Br)C1. The Morgan fingerprint density at radius 3 is 2.79 bits per heavy atom. The molecule has 1 unspecified atom stereocenters. The molecule has 2 heterocycles. The third-order valence-corrected chi connectivity index (χ3v) is 6.31. The number of ether oxygens (including phenoxy) is 2. The van der Waals surface area contributed by atoms with Crippen LogP contribution in [0.4, 0.5) is 0 Å². The number of hydrogen-bond acceptors (Lipinski definition) is 5. The maximum atomic E-state index is 12.8. The number of sulfonamides is 1. The molecular formula is C16H17BrN2O4S. The van der Waals surface area contributed by atoms with E-state index in [2.05, 4.69) is 20.9 Å². The normalized spacial score (nSPS) is 18.5. The summed E-state index contributed by atoms with van der Waals surface area (Å²) in [7, 11) is -2.16. The molecule has 0 bridgehead atoms. The zero-order chi connectivity index (χ0) is 17.2. The lowest BCUT2D eigenvalue weighted by molar-refractivity contribution is 0.205. The quantitative estimate of drug-likeness (QED) is 0.754. The number of pyridine rings is 1. The van der Waals surface area contributed by atoms with Gasteiger partial charge in [0.25, 0.3) is 0 Å². The number of aromatic nitrogens is 1. The monoisotopic (exact) mass is 412 g/mol. The molecule has 0 spiro atoms. The topological polar surface area (TPSA) is 68.7 Å². The smallest absolute Gasteiger partial charge is 0.246 e. The second kappa shape index (κ2) is 7.08. The number of benzene rings is 1. The van der Waals surface area contributed by atoms with Gasteiger partial charge in [-0.05, 0) is 46.6 Å². The fraction of sp³-hybridized carbons (Fsp3) is 0.312. The number of halogens is 1. The van der Waals surface area contributed by atoms with E-state index in [1.54, 1.807) is 36.5 Å². The molecular weight excluding hydrogens is 396 g/mol. The van der Waals surface area contributed by atoms with Crippen molar-refractivity contribution in [2.75, 3.05) is 20.2 Å². The molecule has 0 amide bonds. The van der Waals surface area contributed by atoms with E-state index in [0.29, 0.717) is 24.6 Å². The van der Waals surface area contributed by atoms with Crippen molar-refractivity contribution in [3.8, 4) is 11.6 Å².